The maximum Gasteiger partial charge on any atom is 0.214 e. The Balaban J connectivity index is 2.72. The fourth-order valence-corrected chi connectivity index (χ4v) is 2.31. The molecule has 0 spiro atoms. The molecule has 0 saturated heterocycles. The first kappa shape index (κ1) is 13.2. The number of rotatable bonds is 7. The van der Waals surface area contributed by atoms with E-state index in [0.29, 0.717) is 18.9 Å². The number of nitrogens with zero attached hydrogens (tertiary/aromatic N) is 1. The van der Waals surface area contributed by atoms with Crippen molar-refractivity contribution in [1.29, 1.82) is 0 Å². The molecule has 0 aliphatic rings. The van der Waals surface area contributed by atoms with E-state index in [1.54, 1.807) is 26.2 Å². The minimum absolute atomic E-state index is 0.0808. The van der Waals surface area contributed by atoms with Gasteiger partial charge in [-0.2, -0.15) is 4.31 Å². The van der Waals surface area contributed by atoms with Gasteiger partial charge in [0.1, 0.15) is 5.76 Å². The summed E-state index contributed by atoms with van der Waals surface area (Å²) in [6.45, 7) is 2.59. The molecule has 1 aromatic heterocycles. The third kappa shape index (κ3) is 3.62. The van der Waals surface area contributed by atoms with E-state index in [4.69, 9.17) is 9.15 Å². The summed E-state index contributed by atoms with van der Waals surface area (Å²) in [6.07, 6.45) is 1.53. The normalized spacial score (nSPS) is 12.2. The zero-order chi connectivity index (χ0) is 12.0. The van der Waals surface area contributed by atoms with E-state index in [9.17, 15) is 8.42 Å². The largest absolute Gasteiger partial charge is 0.468 e. The maximum absolute atomic E-state index is 11.8. The molecule has 16 heavy (non-hydrogen) atoms. The summed E-state index contributed by atoms with van der Waals surface area (Å²) >= 11 is 0. The Morgan fingerprint density at radius 2 is 2.25 bits per heavy atom. The van der Waals surface area contributed by atoms with Crippen LogP contribution >= 0.6 is 0 Å². The van der Waals surface area contributed by atoms with Crippen LogP contribution in [-0.4, -0.2) is 38.7 Å². The van der Waals surface area contributed by atoms with Crippen LogP contribution in [0.15, 0.2) is 22.8 Å². The Hall–Kier alpha value is -0.850. The van der Waals surface area contributed by atoms with Crippen molar-refractivity contribution < 1.29 is 17.6 Å². The average Bonchev–Trinajstić information content (AvgIpc) is 2.76. The molecular formula is C10H17NO4S. The molecule has 0 fully saturated rings. The molecule has 0 radical (unpaired) electrons. The molecule has 5 nitrogen and oxygen atoms in total. The minimum Gasteiger partial charge on any atom is -0.468 e. The Kier molecular flexibility index (Phi) is 4.98. The van der Waals surface area contributed by atoms with Gasteiger partial charge >= 0.3 is 0 Å². The molecule has 0 aliphatic heterocycles. The molecule has 1 heterocycles. The molecule has 0 atom stereocenters. The van der Waals surface area contributed by atoms with E-state index in [1.807, 2.05) is 0 Å². The lowest BCUT2D eigenvalue weighted by Crippen LogP contribution is -2.34. The molecule has 1 rings (SSSR count). The molecule has 1 aromatic rings. The van der Waals surface area contributed by atoms with Crippen LogP contribution in [0.1, 0.15) is 12.7 Å². The van der Waals surface area contributed by atoms with Gasteiger partial charge in [-0.3, -0.25) is 0 Å². The molecule has 92 valence electrons. The van der Waals surface area contributed by atoms with E-state index < -0.39 is 10.0 Å². The van der Waals surface area contributed by atoms with Crippen molar-refractivity contribution in [3.05, 3.63) is 24.2 Å². The van der Waals surface area contributed by atoms with Gasteiger partial charge in [0.2, 0.25) is 10.0 Å². The summed E-state index contributed by atoms with van der Waals surface area (Å²) in [5, 5.41) is 0. The van der Waals surface area contributed by atoms with E-state index in [2.05, 4.69) is 0 Å². The van der Waals surface area contributed by atoms with Crippen molar-refractivity contribution in [2.45, 2.75) is 13.5 Å². The summed E-state index contributed by atoms with van der Waals surface area (Å²) in [6, 6.07) is 3.49. The number of sulfonamides is 1. The third-order valence-corrected chi connectivity index (χ3v) is 4.04. The Morgan fingerprint density at radius 1 is 1.50 bits per heavy atom. The van der Waals surface area contributed by atoms with Crippen molar-refractivity contribution in [2.24, 2.45) is 0 Å². The lowest BCUT2D eigenvalue weighted by molar-refractivity contribution is 0.175. The summed E-state index contributed by atoms with van der Waals surface area (Å²) in [4.78, 5) is 0. The summed E-state index contributed by atoms with van der Waals surface area (Å²) in [5.74, 6) is 0.713. The minimum atomic E-state index is -3.22. The number of hydrogen-bond acceptors (Lipinski definition) is 4. The fourth-order valence-electron chi connectivity index (χ4n) is 1.27. The lowest BCUT2D eigenvalue weighted by Gasteiger charge is -2.19. The zero-order valence-electron chi connectivity index (χ0n) is 9.55. The van der Waals surface area contributed by atoms with Gasteiger partial charge in [-0.05, 0) is 19.1 Å². The van der Waals surface area contributed by atoms with Crippen LogP contribution in [0.25, 0.3) is 0 Å². The maximum atomic E-state index is 11.8. The molecule has 0 aliphatic carbocycles. The average molecular weight is 247 g/mol. The second-order valence-corrected chi connectivity index (χ2v) is 5.56. The molecule has 0 bridgehead atoms. The number of hydrogen-bond donors (Lipinski definition) is 0. The van der Waals surface area contributed by atoms with Crippen LogP contribution in [0.2, 0.25) is 0 Å². The van der Waals surface area contributed by atoms with Gasteiger partial charge in [0.05, 0.1) is 25.2 Å². The van der Waals surface area contributed by atoms with E-state index >= 15 is 0 Å². The van der Waals surface area contributed by atoms with Crippen molar-refractivity contribution in [2.75, 3.05) is 26.0 Å². The van der Waals surface area contributed by atoms with Crippen LogP contribution in [-0.2, 0) is 21.3 Å². The highest BCUT2D eigenvalue weighted by Gasteiger charge is 2.20. The Bertz CT molecular complexity index is 385. The third-order valence-electron chi connectivity index (χ3n) is 2.22. The molecule has 0 amide bonds. The SMILES string of the molecule is CCS(=O)(=O)N(CCOC)Cc1ccco1. The number of methoxy groups -OCH3 is 1. The molecule has 0 aromatic carbocycles. The van der Waals surface area contributed by atoms with Crippen LogP contribution in [0, 0.1) is 0 Å². The smallest absolute Gasteiger partial charge is 0.214 e. The molecule has 6 heteroatoms. The molecule has 0 unspecified atom stereocenters. The van der Waals surface area contributed by atoms with Crippen molar-refractivity contribution in [3.8, 4) is 0 Å². The summed E-state index contributed by atoms with van der Waals surface area (Å²) in [5.41, 5.74) is 0. The molecular weight excluding hydrogens is 230 g/mol. The van der Waals surface area contributed by atoms with Crippen LogP contribution < -0.4 is 0 Å². The van der Waals surface area contributed by atoms with Crippen molar-refractivity contribution >= 4 is 10.0 Å². The summed E-state index contributed by atoms with van der Waals surface area (Å²) < 4.78 is 34.9. The summed E-state index contributed by atoms with van der Waals surface area (Å²) in [7, 11) is -1.67. The van der Waals surface area contributed by atoms with Gasteiger partial charge in [0.15, 0.2) is 0 Å². The first-order valence-corrected chi connectivity index (χ1v) is 6.70. The van der Waals surface area contributed by atoms with Gasteiger partial charge in [-0.1, -0.05) is 0 Å². The predicted molar refractivity (Wildman–Crippen MR) is 60.5 cm³/mol. The van der Waals surface area contributed by atoms with Gasteiger partial charge in [0, 0.05) is 13.7 Å². The predicted octanol–water partition coefficient (Wildman–Crippen LogP) is 1.08. The monoisotopic (exact) mass is 247 g/mol. The van der Waals surface area contributed by atoms with Gasteiger partial charge in [0.25, 0.3) is 0 Å². The van der Waals surface area contributed by atoms with E-state index in [0.717, 1.165) is 0 Å². The first-order chi connectivity index (χ1) is 7.60. The van der Waals surface area contributed by atoms with Crippen molar-refractivity contribution in [3.63, 3.8) is 0 Å². The van der Waals surface area contributed by atoms with Crippen LogP contribution in [0.3, 0.4) is 0 Å². The number of ether oxygens (including phenoxy) is 1. The highest BCUT2D eigenvalue weighted by molar-refractivity contribution is 7.89. The van der Waals surface area contributed by atoms with Crippen LogP contribution in [0.5, 0.6) is 0 Å². The highest BCUT2D eigenvalue weighted by atomic mass is 32.2. The molecule has 0 saturated carbocycles. The van der Waals surface area contributed by atoms with E-state index in [-0.39, 0.29) is 12.3 Å². The second-order valence-electron chi connectivity index (χ2n) is 3.31. The molecule has 0 N–H and O–H groups in total. The van der Waals surface area contributed by atoms with Crippen LogP contribution in [0.4, 0.5) is 0 Å². The quantitative estimate of drug-likeness (QED) is 0.723. The van der Waals surface area contributed by atoms with E-state index in [1.165, 1.54) is 10.6 Å². The topological polar surface area (TPSA) is 59.8 Å². The lowest BCUT2D eigenvalue weighted by atomic mass is 10.4. The Labute approximate surface area is 96.0 Å². The second kappa shape index (κ2) is 6.03. The first-order valence-electron chi connectivity index (χ1n) is 5.09. The van der Waals surface area contributed by atoms with Crippen molar-refractivity contribution in [1.82, 2.24) is 4.31 Å². The highest BCUT2D eigenvalue weighted by Crippen LogP contribution is 2.10. The van der Waals surface area contributed by atoms with Gasteiger partial charge < -0.3 is 9.15 Å². The van der Waals surface area contributed by atoms with Gasteiger partial charge in [-0.25, -0.2) is 8.42 Å². The zero-order valence-corrected chi connectivity index (χ0v) is 10.4. The standard InChI is InChI=1S/C10H17NO4S/c1-3-16(12,13)11(6-8-14-2)9-10-5-4-7-15-10/h4-5,7H,3,6,8-9H2,1-2H3. The van der Waals surface area contributed by atoms with Gasteiger partial charge in [-0.15, -0.1) is 0 Å². The number of furan rings is 1. The Morgan fingerprint density at radius 3 is 2.75 bits per heavy atom. The fraction of sp³-hybridized carbons (Fsp3) is 0.600.